The molecule has 1 fully saturated rings. The molecule has 5 rings (SSSR count). The zero-order valence-corrected chi connectivity index (χ0v) is 23.2. The second-order valence-corrected chi connectivity index (χ2v) is 11.7. The standard InChI is InChI=1S/C29H26F4N4O4S/c1-34(21-8-6-7-20(17-21)29(31,32)33)27(38)19-36-18-26(22-9-2-3-10-23(22)28(36)39)42(40,41)37-15-13-35(14-16-37)25-12-5-4-11-24(25)30/h2-12,17-18H,13-16,19H2,1H3. The molecule has 42 heavy (non-hydrogen) atoms. The number of rotatable bonds is 6. The molecular weight excluding hydrogens is 576 g/mol. The van der Waals surface area contributed by atoms with Crippen molar-refractivity contribution in [1.29, 1.82) is 0 Å². The third-order valence-electron chi connectivity index (χ3n) is 7.25. The predicted molar refractivity (Wildman–Crippen MR) is 150 cm³/mol. The first-order chi connectivity index (χ1) is 19.9. The molecule has 0 N–H and O–H groups in total. The van der Waals surface area contributed by atoms with Gasteiger partial charge < -0.3 is 14.4 Å². The monoisotopic (exact) mass is 602 g/mol. The van der Waals surface area contributed by atoms with Crippen LogP contribution in [0.3, 0.4) is 0 Å². The fourth-order valence-electron chi connectivity index (χ4n) is 4.94. The second kappa shape index (κ2) is 11.2. The molecule has 0 spiro atoms. The molecule has 2 heterocycles. The fraction of sp³-hybridized carbons (Fsp3) is 0.241. The van der Waals surface area contributed by atoms with Crippen molar-refractivity contribution in [2.75, 3.05) is 43.0 Å². The zero-order valence-electron chi connectivity index (χ0n) is 22.4. The van der Waals surface area contributed by atoms with Crippen molar-refractivity contribution >= 4 is 38.1 Å². The number of hydrogen-bond acceptors (Lipinski definition) is 5. The molecule has 3 aromatic carbocycles. The normalized spacial score (nSPS) is 14.7. The van der Waals surface area contributed by atoms with Crippen LogP contribution in [-0.4, -0.2) is 56.4 Å². The van der Waals surface area contributed by atoms with Gasteiger partial charge in [0.25, 0.3) is 5.56 Å². The highest BCUT2D eigenvalue weighted by molar-refractivity contribution is 7.89. The van der Waals surface area contributed by atoms with Crippen LogP contribution in [0, 0.1) is 5.82 Å². The lowest BCUT2D eigenvalue weighted by atomic mass is 10.1. The Morgan fingerprint density at radius 2 is 1.55 bits per heavy atom. The number of fused-ring (bicyclic) bond motifs is 1. The molecule has 0 unspecified atom stereocenters. The Balaban J connectivity index is 1.45. The van der Waals surface area contributed by atoms with Gasteiger partial charge in [0.1, 0.15) is 17.3 Å². The molecule has 1 saturated heterocycles. The lowest BCUT2D eigenvalue weighted by Gasteiger charge is -2.35. The van der Waals surface area contributed by atoms with Crippen LogP contribution >= 0.6 is 0 Å². The number of piperazine rings is 1. The van der Waals surface area contributed by atoms with Crippen LogP contribution in [0.4, 0.5) is 28.9 Å². The van der Waals surface area contributed by atoms with Gasteiger partial charge in [-0.15, -0.1) is 0 Å². The summed E-state index contributed by atoms with van der Waals surface area (Å²) in [6.45, 7) is -0.0291. The Morgan fingerprint density at radius 1 is 0.905 bits per heavy atom. The Bertz CT molecular complexity index is 1820. The van der Waals surface area contributed by atoms with Crippen molar-refractivity contribution in [2.24, 2.45) is 0 Å². The molecule has 8 nitrogen and oxygen atoms in total. The van der Waals surface area contributed by atoms with E-state index >= 15 is 0 Å². The van der Waals surface area contributed by atoms with Gasteiger partial charge in [-0.05, 0) is 36.4 Å². The van der Waals surface area contributed by atoms with E-state index in [-0.39, 0.29) is 47.5 Å². The van der Waals surface area contributed by atoms with E-state index in [1.807, 2.05) is 0 Å². The van der Waals surface area contributed by atoms with Crippen molar-refractivity contribution in [2.45, 2.75) is 17.6 Å². The van der Waals surface area contributed by atoms with Gasteiger partial charge in [0, 0.05) is 55.9 Å². The average Bonchev–Trinajstić information content (AvgIpc) is 2.98. The molecule has 13 heteroatoms. The van der Waals surface area contributed by atoms with Crippen LogP contribution in [0.15, 0.2) is 88.7 Å². The molecule has 220 valence electrons. The number of carbonyl (C=O) groups excluding carboxylic acids is 1. The largest absolute Gasteiger partial charge is 0.416 e. The summed E-state index contributed by atoms with van der Waals surface area (Å²) >= 11 is 0. The highest BCUT2D eigenvalue weighted by Gasteiger charge is 2.33. The van der Waals surface area contributed by atoms with Crippen LogP contribution in [0.2, 0.25) is 0 Å². The first kappa shape index (κ1) is 29.3. The van der Waals surface area contributed by atoms with E-state index in [2.05, 4.69) is 0 Å². The number of halogens is 4. The average molecular weight is 603 g/mol. The quantitative estimate of drug-likeness (QED) is 0.307. The summed E-state index contributed by atoms with van der Waals surface area (Å²) in [5.41, 5.74) is -1.23. The zero-order chi connectivity index (χ0) is 30.2. The van der Waals surface area contributed by atoms with Crippen LogP contribution < -0.4 is 15.4 Å². The summed E-state index contributed by atoms with van der Waals surface area (Å²) < 4.78 is 83.8. The third-order valence-corrected chi connectivity index (χ3v) is 9.17. The molecule has 0 bridgehead atoms. The highest BCUT2D eigenvalue weighted by atomic mass is 32.2. The number of hydrogen-bond donors (Lipinski definition) is 0. The van der Waals surface area contributed by atoms with Crippen molar-refractivity contribution in [1.82, 2.24) is 8.87 Å². The van der Waals surface area contributed by atoms with E-state index < -0.39 is 45.6 Å². The number of pyridine rings is 1. The van der Waals surface area contributed by atoms with E-state index in [0.29, 0.717) is 5.69 Å². The van der Waals surface area contributed by atoms with Gasteiger partial charge in [-0.25, -0.2) is 12.8 Å². The van der Waals surface area contributed by atoms with Gasteiger partial charge in [0.05, 0.1) is 11.3 Å². The highest BCUT2D eigenvalue weighted by Crippen LogP contribution is 2.32. The van der Waals surface area contributed by atoms with Gasteiger partial charge in [-0.3, -0.25) is 9.59 Å². The van der Waals surface area contributed by atoms with E-state index in [1.54, 1.807) is 35.2 Å². The minimum Gasteiger partial charge on any atom is -0.367 e. The maximum absolute atomic E-state index is 14.3. The Kier molecular flexibility index (Phi) is 7.82. The molecular formula is C29H26F4N4O4S. The number of carbonyl (C=O) groups is 1. The van der Waals surface area contributed by atoms with Gasteiger partial charge in [-0.1, -0.05) is 36.4 Å². The number of anilines is 2. The van der Waals surface area contributed by atoms with Crippen molar-refractivity contribution in [3.63, 3.8) is 0 Å². The van der Waals surface area contributed by atoms with Crippen LogP contribution in [-0.2, 0) is 27.5 Å². The third kappa shape index (κ3) is 5.61. The lowest BCUT2D eigenvalue weighted by molar-refractivity contribution is -0.137. The Morgan fingerprint density at radius 3 is 2.21 bits per heavy atom. The van der Waals surface area contributed by atoms with Crippen LogP contribution in [0.5, 0.6) is 0 Å². The lowest BCUT2D eigenvalue weighted by Crippen LogP contribution is -2.49. The Labute approximate surface area is 239 Å². The molecule has 1 aliphatic heterocycles. The Hall–Kier alpha value is -4.23. The molecule has 4 aromatic rings. The summed E-state index contributed by atoms with van der Waals surface area (Å²) in [6.07, 6.45) is -3.51. The van der Waals surface area contributed by atoms with E-state index in [4.69, 9.17) is 0 Å². The number of likely N-dealkylation sites (N-methyl/N-ethyl adjacent to an activating group) is 1. The van der Waals surface area contributed by atoms with Gasteiger partial charge in [-0.2, -0.15) is 17.5 Å². The first-order valence-corrected chi connectivity index (χ1v) is 14.4. The van der Waals surface area contributed by atoms with Crippen LogP contribution in [0.1, 0.15) is 5.56 Å². The van der Waals surface area contributed by atoms with E-state index in [1.165, 1.54) is 41.7 Å². The maximum Gasteiger partial charge on any atom is 0.416 e. The SMILES string of the molecule is CN(C(=O)Cn1cc(S(=O)(=O)N2CCN(c3ccccc3F)CC2)c2ccccc2c1=O)c1cccc(C(F)(F)F)c1. The second-order valence-electron chi connectivity index (χ2n) is 9.82. The van der Waals surface area contributed by atoms with Crippen molar-refractivity contribution < 1.29 is 30.8 Å². The van der Waals surface area contributed by atoms with Crippen molar-refractivity contribution in [3.05, 3.63) is 101 Å². The minimum absolute atomic E-state index is 0.0377. The summed E-state index contributed by atoms with van der Waals surface area (Å²) in [7, 11) is -2.90. The summed E-state index contributed by atoms with van der Waals surface area (Å²) in [4.78, 5) is 28.9. The molecule has 1 amide bonds. The number of para-hydroxylation sites is 1. The molecule has 0 radical (unpaired) electrons. The van der Waals surface area contributed by atoms with Crippen molar-refractivity contribution in [3.8, 4) is 0 Å². The molecule has 0 atom stereocenters. The molecule has 0 saturated carbocycles. The van der Waals surface area contributed by atoms with Gasteiger partial charge in [0.2, 0.25) is 15.9 Å². The number of aromatic nitrogens is 1. The molecule has 1 aliphatic rings. The van der Waals surface area contributed by atoms with Crippen LogP contribution in [0.25, 0.3) is 10.8 Å². The first-order valence-electron chi connectivity index (χ1n) is 12.9. The molecule has 0 aliphatic carbocycles. The van der Waals surface area contributed by atoms with Gasteiger partial charge in [0.15, 0.2) is 0 Å². The van der Waals surface area contributed by atoms with Gasteiger partial charge >= 0.3 is 6.18 Å². The number of sulfonamides is 1. The van der Waals surface area contributed by atoms with E-state index in [0.717, 1.165) is 27.8 Å². The molecule has 1 aromatic heterocycles. The number of alkyl halides is 3. The number of nitrogens with zero attached hydrogens (tertiary/aromatic N) is 4. The maximum atomic E-state index is 14.3. The summed E-state index contributed by atoms with van der Waals surface area (Å²) in [5, 5.41) is 0.243. The minimum atomic E-state index is -4.61. The smallest absolute Gasteiger partial charge is 0.367 e. The number of amides is 1. The summed E-state index contributed by atoms with van der Waals surface area (Å²) in [6, 6.07) is 16.5. The number of benzene rings is 3. The topological polar surface area (TPSA) is 82.9 Å². The fourth-order valence-corrected chi connectivity index (χ4v) is 6.57. The summed E-state index contributed by atoms with van der Waals surface area (Å²) in [5.74, 6) is -1.14. The van der Waals surface area contributed by atoms with E-state index in [9.17, 15) is 35.6 Å². The predicted octanol–water partition coefficient (Wildman–Crippen LogP) is 4.33.